The second-order valence-electron chi connectivity index (χ2n) is 11.6. The highest BCUT2D eigenvalue weighted by Crippen LogP contribution is 2.42. The number of nitrogens with zero attached hydrogens (tertiary/aromatic N) is 3. The molecular formula is C38H31N3O4. The molecule has 7 nitrogen and oxygen atoms in total. The quantitative estimate of drug-likeness (QED) is 0.209. The number of para-hydroxylation sites is 2. The summed E-state index contributed by atoms with van der Waals surface area (Å²) in [5, 5.41) is 1.43. The second-order valence-corrected chi connectivity index (χ2v) is 11.6. The Labute approximate surface area is 261 Å². The summed E-state index contributed by atoms with van der Waals surface area (Å²) in [7, 11) is 0. The van der Waals surface area contributed by atoms with Gasteiger partial charge in [-0.25, -0.2) is 0 Å². The first-order chi connectivity index (χ1) is 21.9. The predicted octanol–water partition coefficient (Wildman–Crippen LogP) is 6.58. The zero-order chi connectivity index (χ0) is 31.1. The monoisotopic (exact) mass is 593 g/mol. The fourth-order valence-corrected chi connectivity index (χ4v) is 6.78. The zero-order valence-electron chi connectivity index (χ0n) is 24.8. The molecule has 0 fully saturated rings. The van der Waals surface area contributed by atoms with Crippen molar-refractivity contribution in [3.63, 3.8) is 0 Å². The molecular weight excluding hydrogens is 562 g/mol. The van der Waals surface area contributed by atoms with E-state index in [4.69, 9.17) is 0 Å². The van der Waals surface area contributed by atoms with Crippen LogP contribution in [0.25, 0.3) is 10.8 Å². The molecule has 0 radical (unpaired) electrons. The SMILES string of the molecule is C[C@H]1C[C@@H](N(C(=O)CN2C(=O)c3cccc4cccc(c34)C2=O)c2ccccc2)c2ccccc2N1C(=O)Cc1ccccc1. The van der Waals surface area contributed by atoms with E-state index >= 15 is 0 Å². The van der Waals surface area contributed by atoms with E-state index in [0.717, 1.165) is 27.1 Å². The molecule has 0 spiro atoms. The summed E-state index contributed by atoms with van der Waals surface area (Å²) >= 11 is 0. The number of benzene rings is 5. The van der Waals surface area contributed by atoms with Crippen LogP contribution >= 0.6 is 0 Å². The van der Waals surface area contributed by atoms with Crippen LogP contribution in [-0.4, -0.2) is 41.1 Å². The molecule has 0 aliphatic carbocycles. The van der Waals surface area contributed by atoms with Gasteiger partial charge in [0.1, 0.15) is 6.54 Å². The Hall–Kier alpha value is -5.56. The Bertz CT molecular complexity index is 1910. The molecule has 2 heterocycles. The van der Waals surface area contributed by atoms with Gasteiger partial charge in [0.05, 0.1) is 12.5 Å². The number of amides is 4. The van der Waals surface area contributed by atoms with Gasteiger partial charge < -0.3 is 9.80 Å². The lowest BCUT2D eigenvalue weighted by Crippen LogP contribution is -2.51. The minimum absolute atomic E-state index is 0.0189. The van der Waals surface area contributed by atoms with E-state index < -0.39 is 24.4 Å². The largest absolute Gasteiger partial charge is 0.309 e. The minimum Gasteiger partial charge on any atom is -0.309 e. The molecule has 0 saturated carbocycles. The van der Waals surface area contributed by atoms with Crippen LogP contribution in [0.3, 0.4) is 0 Å². The van der Waals surface area contributed by atoms with Gasteiger partial charge in [-0.2, -0.15) is 0 Å². The number of hydrogen-bond donors (Lipinski definition) is 0. The highest BCUT2D eigenvalue weighted by molar-refractivity contribution is 6.26. The van der Waals surface area contributed by atoms with Crippen molar-refractivity contribution < 1.29 is 19.2 Å². The van der Waals surface area contributed by atoms with Gasteiger partial charge in [0.25, 0.3) is 11.8 Å². The number of imide groups is 1. The normalized spacial score (nSPS) is 17.3. The molecule has 5 aromatic rings. The summed E-state index contributed by atoms with van der Waals surface area (Å²) in [6.45, 7) is 1.58. The maximum atomic E-state index is 14.4. The number of hydrogen-bond acceptors (Lipinski definition) is 4. The number of carbonyl (C=O) groups excluding carboxylic acids is 4. The van der Waals surface area contributed by atoms with Gasteiger partial charge in [0.15, 0.2) is 0 Å². The van der Waals surface area contributed by atoms with E-state index in [1.165, 1.54) is 0 Å². The van der Waals surface area contributed by atoms with Crippen LogP contribution in [0.2, 0.25) is 0 Å². The van der Waals surface area contributed by atoms with Crippen molar-refractivity contribution in [2.75, 3.05) is 16.3 Å². The summed E-state index contributed by atoms with van der Waals surface area (Å²) in [4.78, 5) is 60.1. The van der Waals surface area contributed by atoms with E-state index in [0.29, 0.717) is 28.6 Å². The van der Waals surface area contributed by atoms with Crippen molar-refractivity contribution in [2.45, 2.75) is 31.8 Å². The molecule has 4 amide bonds. The average Bonchev–Trinajstić information content (AvgIpc) is 3.06. The summed E-state index contributed by atoms with van der Waals surface area (Å²) in [5.74, 6) is -1.37. The first kappa shape index (κ1) is 28.2. The molecule has 2 atom stereocenters. The molecule has 7 rings (SSSR count). The third kappa shape index (κ3) is 4.96. The van der Waals surface area contributed by atoms with E-state index in [1.807, 2.05) is 109 Å². The van der Waals surface area contributed by atoms with Gasteiger partial charge in [-0.05, 0) is 60.2 Å². The standard InChI is InChI=1S/C38H31N3O4/c1-25-22-33(29-18-8-9-21-32(29)40(25)34(42)23-26-12-4-2-5-13-26)41(28-16-6-3-7-17-28)35(43)24-39-37(44)30-19-10-14-27-15-11-20-31(36(27)30)38(39)45/h2-21,25,33H,22-24H2,1H3/t25-,33+/m0/s1. The maximum absolute atomic E-state index is 14.4. The Balaban J connectivity index is 1.24. The van der Waals surface area contributed by atoms with Crippen LogP contribution in [0, 0.1) is 0 Å². The van der Waals surface area contributed by atoms with Gasteiger partial charge in [-0.1, -0.05) is 91.0 Å². The van der Waals surface area contributed by atoms with Crippen LogP contribution in [0.5, 0.6) is 0 Å². The van der Waals surface area contributed by atoms with Gasteiger partial charge in [0.2, 0.25) is 11.8 Å². The average molecular weight is 594 g/mol. The lowest BCUT2D eigenvalue weighted by atomic mass is 9.89. The molecule has 0 saturated heterocycles. The van der Waals surface area contributed by atoms with E-state index in [2.05, 4.69) is 0 Å². The van der Waals surface area contributed by atoms with Crippen molar-refractivity contribution in [1.29, 1.82) is 0 Å². The third-order valence-corrected chi connectivity index (χ3v) is 8.79. The summed E-state index contributed by atoms with van der Waals surface area (Å²) < 4.78 is 0. The summed E-state index contributed by atoms with van der Waals surface area (Å²) in [6.07, 6.45) is 0.737. The molecule has 0 N–H and O–H groups in total. The Morgan fingerprint density at radius 3 is 2.00 bits per heavy atom. The fourth-order valence-electron chi connectivity index (χ4n) is 6.78. The molecule has 7 heteroatoms. The topological polar surface area (TPSA) is 78.0 Å². The summed E-state index contributed by atoms with van der Waals surface area (Å²) in [6, 6.07) is 36.7. The third-order valence-electron chi connectivity index (χ3n) is 8.79. The molecule has 0 bridgehead atoms. The molecule has 0 unspecified atom stereocenters. The molecule has 0 aromatic heterocycles. The number of rotatable bonds is 6. The number of fused-ring (bicyclic) bond motifs is 1. The van der Waals surface area contributed by atoms with E-state index in [9.17, 15) is 19.2 Å². The van der Waals surface area contributed by atoms with Crippen molar-refractivity contribution >= 4 is 45.8 Å². The van der Waals surface area contributed by atoms with Crippen molar-refractivity contribution in [2.24, 2.45) is 0 Å². The van der Waals surface area contributed by atoms with Gasteiger partial charge in [-0.15, -0.1) is 0 Å². The lowest BCUT2D eigenvalue weighted by molar-refractivity contribution is -0.119. The van der Waals surface area contributed by atoms with Crippen LogP contribution in [0.4, 0.5) is 11.4 Å². The van der Waals surface area contributed by atoms with Crippen LogP contribution < -0.4 is 9.80 Å². The van der Waals surface area contributed by atoms with Crippen LogP contribution in [0.15, 0.2) is 121 Å². The Morgan fingerprint density at radius 2 is 1.33 bits per heavy atom. The highest BCUT2D eigenvalue weighted by atomic mass is 16.2. The fraction of sp³-hybridized carbons (Fsp3) is 0.158. The number of anilines is 2. The van der Waals surface area contributed by atoms with E-state index in [1.54, 1.807) is 29.2 Å². The van der Waals surface area contributed by atoms with Gasteiger partial charge in [0, 0.05) is 33.9 Å². The van der Waals surface area contributed by atoms with Crippen LogP contribution in [0.1, 0.15) is 51.2 Å². The molecule has 45 heavy (non-hydrogen) atoms. The predicted molar refractivity (Wildman–Crippen MR) is 174 cm³/mol. The first-order valence-corrected chi connectivity index (χ1v) is 15.1. The van der Waals surface area contributed by atoms with Gasteiger partial charge in [-0.3, -0.25) is 24.1 Å². The molecule has 222 valence electrons. The van der Waals surface area contributed by atoms with Crippen molar-refractivity contribution in [3.8, 4) is 0 Å². The number of carbonyl (C=O) groups is 4. The molecule has 2 aliphatic rings. The van der Waals surface area contributed by atoms with Crippen LogP contribution in [-0.2, 0) is 16.0 Å². The lowest BCUT2D eigenvalue weighted by Gasteiger charge is -2.44. The Morgan fingerprint density at radius 1 is 0.733 bits per heavy atom. The summed E-state index contributed by atoms with van der Waals surface area (Å²) in [5.41, 5.74) is 3.99. The smallest absolute Gasteiger partial charge is 0.261 e. The van der Waals surface area contributed by atoms with Crippen molar-refractivity contribution in [3.05, 3.63) is 144 Å². The second kappa shape index (κ2) is 11.5. The molecule has 2 aliphatic heterocycles. The van der Waals surface area contributed by atoms with E-state index in [-0.39, 0.29) is 24.3 Å². The first-order valence-electron chi connectivity index (χ1n) is 15.1. The van der Waals surface area contributed by atoms with Gasteiger partial charge >= 0.3 is 0 Å². The highest BCUT2D eigenvalue weighted by Gasteiger charge is 2.41. The Kier molecular flexibility index (Phi) is 7.22. The van der Waals surface area contributed by atoms with Crippen molar-refractivity contribution in [1.82, 2.24) is 4.90 Å². The molecule has 5 aromatic carbocycles. The minimum atomic E-state index is -0.485. The zero-order valence-corrected chi connectivity index (χ0v) is 24.8. The maximum Gasteiger partial charge on any atom is 0.261 e.